The molecule has 4 aromatic rings. The Hall–Kier alpha value is -3.88. The topological polar surface area (TPSA) is 174 Å². The van der Waals surface area contributed by atoms with Crippen LogP contribution in [0.15, 0.2) is 78.2 Å². The summed E-state index contributed by atoms with van der Waals surface area (Å²) in [6, 6.07) is 14.6. The Morgan fingerprint density at radius 1 is 1.17 bits per heavy atom. The lowest BCUT2D eigenvalue weighted by Crippen LogP contribution is -2.33. The number of carbonyl (C=O) groups excluding carboxylic acids is 1. The van der Waals surface area contributed by atoms with E-state index in [0.29, 0.717) is 16.8 Å². The van der Waals surface area contributed by atoms with Gasteiger partial charge in [0.05, 0.1) is 10.9 Å². The van der Waals surface area contributed by atoms with E-state index in [1.807, 2.05) is 19.1 Å². The number of hydrogen-bond acceptors (Lipinski definition) is 9. The molecular formula is C28H32ClN7O5S. The molecule has 1 atom stereocenters. The number of amides is 1. The normalized spacial score (nSPS) is 14.4. The van der Waals surface area contributed by atoms with Crippen LogP contribution >= 0.6 is 11.6 Å². The van der Waals surface area contributed by atoms with Gasteiger partial charge >= 0.3 is 0 Å². The second kappa shape index (κ2) is 14.3. The van der Waals surface area contributed by atoms with Crippen molar-refractivity contribution in [1.29, 1.82) is 0 Å². The van der Waals surface area contributed by atoms with E-state index in [0.717, 1.165) is 37.2 Å². The van der Waals surface area contributed by atoms with Crippen molar-refractivity contribution in [2.24, 2.45) is 5.73 Å². The summed E-state index contributed by atoms with van der Waals surface area (Å²) in [5.74, 6) is 0.874. The third-order valence-electron chi connectivity index (χ3n) is 6.39. The van der Waals surface area contributed by atoms with Crippen molar-refractivity contribution in [3.63, 3.8) is 0 Å². The first-order valence-corrected chi connectivity index (χ1v) is 15.0. The number of benzene rings is 2. The quantitative estimate of drug-likeness (QED) is 0.215. The molecule has 5 N–H and O–H groups in total. The van der Waals surface area contributed by atoms with E-state index < -0.39 is 10.1 Å². The van der Waals surface area contributed by atoms with Crippen molar-refractivity contribution in [3.8, 4) is 5.82 Å². The van der Waals surface area contributed by atoms with Gasteiger partial charge in [-0.25, -0.2) is 9.97 Å². The van der Waals surface area contributed by atoms with Gasteiger partial charge in [0.15, 0.2) is 0 Å². The summed E-state index contributed by atoms with van der Waals surface area (Å²) in [5.41, 5.74) is 7.84. The lowest BCUT2D eigenvalue weighted by Gasteiger charge is -2.23. The van der Waals surface area contributed by atoms with Crippen LogP contribution in [0, 0.1) is 6.92 Å². The van der Waals surface area contributed by atoms with Gasteiger partial charge in [0.2, 0.25) is 5.95 Å². The molecule has 14 heteroatoms. The van der Waals surface area contributed by atoms with Crippen LogP contribution < -0.4 is 16.4 Å². The molecule has 2 aromatic carbocycles. The molecule has 0 aliphatic carbocycles. The zero-order valence-corrected chi connectivity index (χ0v) is 24.4. The standard InChI is InChI=1S/C22H26ClN7O2.C6H6O3S/c1-14-11-25-22(27-17-5-7-32-8-6-17)29-20(14)30-12-19(26-13-30)21(31)28-18(10-24)15-3-2-4-16(23)9-15;7-10(8,9)6-4-2-1-3-5-6/h2-4,9,11-13,17-18H,5-8,10,24H2,1H3,(H,28,31)(H,25,27,29);1-5H,(H,7,8,9)/t18-;/m1./s1. The van der Waals surface area contributed by atoms with E-state index in [9.17, 15) is 13.2 Å². The number of rotatable bonds is 8. The molecule has 2 aromatic heterocycles. The number of aromatic nitrogens is 4. The number of ether oxygens (including phenoxy) is 1. The molecule has 12 nitrogen and oxygen atoms in total. The predicted octanol–water partition coefficient (Wildman–Crippen LogP) is 3.58. The average molecular weight is 614 g/mol. The highest BCUT2D eigenvalue weighted by Crippen LogP contribution is 2.19. The number of nitrogens with zero attached hydrogens (tertiary/aromatic N) is 4. The summed E-state index contributed by atoms with van der Waals surface area (Å²) in [6.45, 7) is 3.61. The van der Waals surface area contributed by atoms with E-state index in [1.54, 1.807) is 53.6 Å². The van der Waals surface area contributed by atoms with Crippen LogP contribution in [-0.4, -0.2) is 64.2 Å². The summed E-state index contributed by atoms with van der Waals surface area (Å²) < 4.78 is 36.4. The minimum absolute atomic E-state index is 0.0741. The van der Waals surface area contributed by atoms with Crippen molar-refractivity contribution < 1.29 is 22.5 Å². The first-order valence-electron chi connectivity index (χ1n) is 13.1. The smallest absolute Gasteiger partial charge is 0.294 e. The minimum atomic E-state index is -4.00. The Morgan fingerprint density at radius 3 is 2.55 bits per heavy atom. The molecule has 1 aliphatic rings. The van der Waals surface area contributed by atoms with Gasteiger partial charge in [-0.2, -0.15) is 13.4 Å². The van der Waals surface area contributed by atoms with Crippen molar-refractivity contribution in [1.82, 2.24) is 24.8 Å². The van der Waals surface area contributed by atoms with E-state index in [1.165, 1.54) is 12.1 Å². The van der Waals surface area contributed by atoms with Crippen LogP contribution in [0.3, 0.4) is 0 Å². The molecule has 1 amide bonds. The van der Waals surface area contributed by atoms with E-state index in [2.05, 4.69) is 25.6 Å². The Balaban J connectivity index is 0.000000343. The molecule has 1 fully saturated rings. The van der Waals surface area contributed by atoms with Crippen LogP contribution in [0.25, 0.3) is 5.82 Å². The largest absolute Gasteiger partial charge is 0.381 e. The molecule has 222 valence electrons. The molecule has 0 radical (unpaired) electrons. The van der Waals surface area contributed by atoms with Gasteiger partial charge in [0.1, 0.15) is 17.8 Å². The summed E-state index contributed by atoms with van der Waals surface area (Å²) in [5, 5.41) is 6.87. The zero-order chi connectivity index (χ0) is 30.1. The number of nitrogens with two attached hydrogens (primary N) is 1. The third-order valence-corrected chi connectivity index (χ3v) is 7.50. The van der Waals surface area contributed by atoms with Gasteiger partial charge in [-0.05, 0) is 49.6 Å². The van der Waals surface area contributed by atoms with E-state index in [4.69, 9.17) is 26.6 Å². The number of imidazole rings is 1. The highest BCUT2D eigenvalue weighted by Gasteiger charge is 2.19. The molecule has 1 saturated heterocycles. The maximum atomic E-state index is 12.8. The number of hydrogen-bond donors (Lipinski definition) is 4. The summed E-state index contributed by atoms with van der Waals surface area (Å²) >= 11 is 6.07. The maximum Gasteiger partial charge on any atom is 0.294 e. The second-order valence-electron chi connectivity index (χ2n) is 9.50. The molecule has 3 heterocycles. The Labute approximate surface area is 249 Å². The van der Waals surface area contributed by atoms with Crippen LogP contribution in [-0.2, 0) is 14.9 Å². The Bertz CT molecular complexity index is 1600. The fraction of sp³-hybridized carbons (Fsp3) is 0.286. The highest BCUT2D eigenvalue weighted by atomic mass is 35.5. The number of halogens is 1. The first kappa shape index (κ1) is 31.1. The Kier molecular flexibility index (Phi) is 10.6. The SMILES string of the molecule is Cc1cnc(NC2CCOCC2)nc1-n1cnc(C(=O)N[C@H](CN)c2cccc(Cl)c2)c1.O=S(=O)(O)c1ccccc1. The number of anilines is 1. The zero-order valence-electron chi connectivity index (χ0n) is 22.9. The van der Waals surface area contributed by atoms with Gasteiger partial charge in [0, 0.05) is 48.8 Å². The van der Waals surface area contributed by atoms with Crippen LogP contribution in [0.4, 0.5) is 5.95 Å². The molecule has 0 bridgehead atoms. The van der Waals surface area contributed by atoms with Crippen molar-refractivity contribution >= 4 is 33.6 Å². The van der Waals surface area contributed by atoms with Gasteiger partial charge in [-0.1, -0.05) is 41.9 Å². The van der Waals surface area contributed by atoms with E-state index >= 15 is 0 Å². The fourth-order valence-electron chi connectivity index (χ4n) is 4.17. The lowest BCUT2D eigenvalue weighted by molar-refractivity contribution is 0.0903. The first-order chi connectivity index (χ1) is 20.1. The molecule has 42 heavy (non-hydrogen) atoms. The van der Waals surface area contributed by atoms with Crippen molar-refractivity contribution in [3.05, 3.63) is 95.2 Å². The van der Waals surface area contributed by atoms with Crippen LogP contribution in [0.5, 0.6) is 0 Å². The highest BCUT2D eigenvalue weighted by molar-refractivity contribution is 7.85. The summed E-state index contributed by atoms with van der Waals surface area (Å²) in [6.07, 6.45) is 6.80. The molecule has 1 aliphatic heterocycles. The number of carbonyl (C=O) groups is 1. The molecule has 0 spiro atoms. The molecule has 0 saturated carbocycles. The van der Waals surface area contributed by atoms with Crippen molar-refractivity contribution in [2.75, 3.05) is 25.1 Å². The Morgan fingerprint density at radius 2 is 1.90 bits per heavy atom. The minimum Gasteiger partial charge on any atom is -0.381 e. The van der Waals surface area contributed by atoms with Crippen LogP contribution in [0.2, 0.25) is 5.02 Å². The molecule has 5 rings (SSSR count). The third kappa shape index (κ3) is 8.57. The summed E-state index contributed by atoms with van der Waals surface area (Å²) in [7, 11) is -4.00. The fourth-order valence-corrected chi connectivity index (χ4v) is 4.87. The lowest BCUT2D eigenvalue weighted by atomic mass is 10.1. The maximum absolute atomic E-state index is 12.8. The average Bonchev–Trinajstić information content (AvgIpc) is 3.48. The summed E-state index contributed by atoms with van der Waals surface area (Å²) in [4.78, 5) is 26.0. The van der Waals surface area contributed by atoms with E-state index in [-0.39, 0.29) is 35.1 Å². The van der Waals surface area contributed by atoms with Crippen molar-refractivity contribution in [2.45, 2.75) is 36.7 Å². The number of aryl methyl sites for hydroxylation is 1. The molecular weight excluding hydrogens is 582 g/mol. The van der Waals surface area contributed by atoms with Gasteiger partial charge in [-0.15, -0.1) is 0 Å². The monoisotopic (exact) mass is 613 g/mol. The predicted molar refractivity (Wildman–Crippen MR) is 158 cm³/mol. The second-order valence-corrected chi connectivity index (χ2v) is 11.4. The van der Waals surface area contributed by atoms with Crippen LogP contribution in [0.1, 0.15) is 40.5 Å². The molecule has 0 unspecified atom stereocenters. The van der Waals surface area contributed by atoms with Gasteiger partial charge < -0.3 is 21.1 Å². The van der Waals surface area contributed by atoms with Gasteiger partial charge in [-0.3, -0.25) is 13.9 Å². The number of nitrogens with one attached hydrogen (secondary N) is 2. The van der Waals surface area contributed by atoms with Gasteiger partial charge in [0.25, 0.3) is 16.0 Å².